The van der Waals surface area contributed by atoms with Gasteiger partial charge in [0.05, 0.1) is 31.0 Å². The number of rotatable bonds is 7. The van der Waals surface area contributed by atoms with Gasteiger partial charge in [0, 0.05) is 61.3 Å². The topological polar surface area (TPSA) is 112 Å². The Hall–Kier alpha value is -4.16. The highest BCUT2D eigenvalue weighted by Crippen LogP contribution is 2.34. The van der Waals surface area contributed by atoms with Crippen LogP contribution in [0.15, 0.2) is 55.1 Å². The van der Waals surface area contributed by atoms with E-state index < -0.39 is 34.5 Å². The summed E-state index contributed by atoms with van der Waals surface area (Å²) in [6.45, 7) is 4.00. The number of carbonyl (C=O) groups excluding carboxylic acids is 1. The number of nitrogens with zero attached hydrogens (tertiary/aromatic N) is 6. The van der Waals surface area contributed by atoms with Crippen molar-refractivity contribution in [1.29, 1.82) is 0 Å². The zero-order valence-corrected chi connectivity index (χ0v) is 22.3. The summed E-state index contributed by atoms with van der Waals surface area (Å²) in [5.74, 6) is -3.25. The molecule has 0 bridgehead atoms. The Morgan fingerprint density at radius 1 is 1.07 bits per heavy atom. The van der Waals surface area contributed by atoms with Crippen LogP contribution < -0.4 is 10.6 Å². The summed E-state index contributed by atoms with van der Waals surface area (Å²) in [4.78, 5) is 23.7. The third-order valence-electron chi connectivity index (χ3n) is 7.82. The van der Waals surface area contributed by atoms with Crippen LogP contribution in [0.25, 0.3) is 11.3 Å². The van der Waals surface area contributed by atoms with Crippen LogP contribution in [0.1, 0.15) is 40.5 Å². The Kier molecular flexibility index (Phi) is 7.26. The molecule has 0 radical (unpaired) electrons. The van der Waals surface area contributed by atoms with Gasteiger partial charge in [-0.05, 0) is 41.8 Å². The van der Waals surface area contributed by atoms with Crippen molar-refractivity contribution in [3.05, 3.63) is 89.4 Å². The number of nitrogens with two attached hydrogens (primary N) is 1. The molecule has 2 aliphatic rings. The lowest BCUT2D eigenvalue weighted by molar-refractivity contribution is 0.00822. The first-order valence-electron chi connectivity index (χ1n) is 13.4. The van der Waals surface area contributed by atoms with E-state index in [4.69, 9.17) is 10.5 Å². The van der Waals surface area contributed by atoms with Gasteiger partial charge in [0.1, 0.15) is 28.8 Å². The molecule has 41 heavy (non-hydrogen) atoms. The van der Waals surface area contributed by atoms with E-state index in [2.05, 4.69) is 32.1 Å². The van der Waals surface area contributed by atoms with Gasteiger partial charge in [-0.25, -0.2) is 22.8 Å². The zero-order valence-electron chi connectivity index (χ0n) is 22.3. The number of anilines is 1. The molecule has 2 fully saturated rings. The monoisotopic (exact) mass is 563 g/mol. The van der Waals surface area contributed by atoms with Crippen LogP contribution in [0.3, 0.4) is 0 Å². The fraction of sp³-hybridized carbons (Fsp3) is 0.345. The predicted octanol–water partition coefficient (Wildman–Crippen LogP) is 3.72. The highest BCUT2D eigenvalue weighted by atomic mass is 19.1. The Morgan fingerprint density at radius 3 is 2.51 bits per heavy atom. The quantitative estimate of drug-likeness (QED) is 0.339. The predicted molar refractivity (Wildman–Crippen MR) is 144 cm³/mol. The SMILES string of the molecule is C[C@H]1CN(c2ccncc2CC(=O)c2ccc(F)c(-c3c(F)cc(C4COC4)cc3F)n2)C[C@@H](N)[C@H]1n1ccnn1. The van der Waals surface area contributed by atoms with E-state index in [1.807, 2.05) is 6.07 Å². The standard InChI is InChI=1S/C29H28F3N7O2/c1-16-12-38(13-23(33)29(16)39-7-6-35-37-39)25-4-5-34-11-18(25)10-26(40)24-3-2-20(30)28(36-24)27-21(31)8-17(9-22(27)32)19-14-41-15-19/h2-9,11,16,19,23,29H,10,12-15,33H2,1H3/t16-,23+,29-/m0/s1. The molecule has 0 spiro atoms. The van der Waals surface area contributed by atoms with Gasteiger partial charge < -0.3 is 15.4 Å². The van der Waals surface area contributed by atoms with E-state index in [1.54, 1.807) is 29.5 Å². The molecule has 2 aliphatic heterocycles. The second kappa shape index (κ2) is 11.0. The van der Waals surface area contributed by atoms with Gasteiger partial charge in [-0.3, -0.25) is 9.78 Å². The van der Waals surface area contributed by atoms with Gasteiger partial charge in [-0.15, -0.1) is 5.10 Å². The van der Waals surface area contributed by atoms with Crippen molar-refractivity contribution in [2.45, 2.75) is 31.3 Å². The second-order valence-electron chi connectivity index (χ2n) is 10.6. The fourth-order valence-corrected chi connectivity index (χ4v) is 5.73. The number of benzene rings is 1. The lowest BCUT2D eigenvalue weighted by atomic mass is 9.89. The largest absolute Gasteiger partial charge is 0.380 e. The number of ketones is 1. The maximum absolute atomic E-state index is 15.0. The molecule has 12 heteroatoms. The summed E-state index contributed by atoms with van der Waals surface area (Å²) in [6.07, 6.45) is 6.56. The number of halogens is 3. The summed E-state index contributed by atoms with van der Waals surface area (Å²) < 4.78 is 51.7. The summed E-state index contributed by atoms with van der Waals surface area (Å²) in [7, 11) is 0. The highest BCUT2D eigenvalue weighted by molar-refractivity contribution is 5.97. The molecule has 0 amide bonds. The number of carbonyl (C=O) groups is 1. The van der Waals surface area contributed by atoms with Crippen LogP contribution >= 0.6 is 0 Å². The van der Waals surface area contributed by atoms with Crippen LogP contribution in [-0.2, 0) is 11.2 Å². The van der Waals surface area contributed by atoms with E-state index in [1.165, 1.54) is 18.2 Å². The average molecular weight is 564 g/mol. The molecule has 3 aromatic heterocycles. The minimum absolute atomic E-state index is 0.0283. The summed E-state index contributed by atoms with van der Waals surface area (Å²) >= 11 is 0. The second-order valence-corrected chi connectivity index (χ2v) is 10.6. The molecule has 5 heterocycles. The molecule has 4 aromatic rings. The average Bonchev–Trinajstić information content (AvgIpc) is 3.42. The van der Waals surface area contributed by atoms with Gasteiger partial charge in [-0.1, -0.05) is 12.1 Å². The van der Waals surface area contributed by atoms with Gasteiger partial charge >= 0.3 is 0 Å². The van der Waals surface area contributed by atoms with Crippen molar-refractivity contribution in [1.82, 2.24) is 25.0 Å². The van der Waals surface area contributed by atoms with Crippen molar-refractivity contribution in [2.75, 3.05) is 31.2 Å². The lowest BCUT2D eigenvalue weighted by Crippen LogP contribution is -2.53. The molecule has 6 rings (SSSR count). The third-order valence-corrected chi connectivity index (χ3v) is 7.82. The van der Waals surface area contributed by atoms with Crippen molar-refractivity contribution in [2.24, 2.45) is 11.7 Å². The summed E-state index contributed by atoms with van der Waals surface area (Å²) in [5, 5.41) is 8.02. The van der Waals surface area contributed by atoms with E-state index in [0.717, 1.165) is 11.8 Å². The van der Waals surface area contributed by atoms with Gasteiger partial charge in [0.25, 0.3) is 0 Å². The van der Waals surface area contributed by atoms with Crippen LogP contribution in [0.5, 0.6) is 0 Å². The normalized spacial score (nSPS) is 21.1. The first-order valence-corrected chi connectivity index (χ1v) is 13.4. The van der Waals surface area contributed by atoms with Gasteiger partial charge in [0.2, 0.25) is 0 Å². The number of Topliss-reactive ketones (excluding diaryl/α,β-unsaturated/α-hetero) is 1. The molecule has 212 valence electrons. The number of ether oxygens (including phenoxy) is 1. The summed E-state index contributed by atoms with van der Waals surface area (Å²) in [5.41, 5.74) is 7.14. The maximum Gasteiger partial charge on any atom is 0.185 e. The van der Waals surface area contributed by atoms with Gasteiger partial charge in [-0.2, -0.15) is 0 Å². The minimum Gasteiger partial charge on any atom is -0.380 e. The lowest BCUT2D eigenvalue weighted by Gasteiger charge is -2.42. The van der Waals surface area contributed by atoms with Crippen LogP contribution in [0.2, 0.25) is 0 Å². The molecular formula is C29H28F3N7O2. The van der Waals surface area contributed by atoms with Crippen molar-refractivity contribution in [3.63, 3.8) is 0 Å². The van der Waals surface area contributed by atoms with E-state index in [-0.39, 0.29) is 36.0 Å². The van der Waals surface area contributed by atoms with Crippen LogP contribution in [-0.4, -0.2) is 63.1 Å². The maximum atomic E-state index is 15.0. The van der Waals surface area contributed by atoms with E-state index >= 15 is 8.78 Å². The fourth-order valence-electron chi connectivity index (χ4n) is 5.73. The number of hydrogen-bond acceptors (Lipinski definition) is 8. The molecule has 0 saturated carbocycles. The first-order chi connectivity index (χ1) is 19.8. The molecule has 2 N–H and O–H groups in total. The molecule has 3 atom stereocenters. The smallest absolute Gasteiger partial charge is 0.185 e. The minimum atomic E-state index is -0.947. The Balaban J connectivity index is 1.24. The van der Waals surface area contributed by atoms with E-state index in [9.17, 15) is 9.18 Å². The molecule has 0 aliphatic carbocycles. The number of hydrogen-bond donors (Lipinski definition) is 1. The molecule has 2 saturated heterocycles. The highest BCUT2D eigenvalue weighted by Gasteiger charge is 2.35. The van der Waals surface area contributed by atoms with Crippen molar-refractivity contribution >= 4 is 11.5 Å². The van der Waals surface area contributed by atoms with Crippen molar-refractivity contribution in [3.8, 4) is 11.3 Å². The number of piperidine rings is 1. The third kappa shape index (κ3) is 5.20. The van der Waals surface area contributed by atoms with Crippen LogP contribution in [0.4, 0.5) is 18.9 Å². The summed E-state index contributed by atoms with van der Waals surface area (Å²) in [6, 6.07) is 6.10. The molecule has 0 unspecified atom stereocenters. The van der Waals surface area contributed by atoms with E-state index in [0.29, 0.717) is 37.4 Å². The molecule has 1 aromatic carbocycles. The first kappa shape index (κ1) is 27.0. The Morgan fingerprint density at radius 2 is 1.85 bits per heavy atom. The van der Waals surface area contributed by atoms with Crippen molar-refractivity contribution < 1.29 is 22.7 Å². The zero-order chi connectivity index (χ0) is 28.7. The molecular weight excluding hydrogens is 535 g/mol. The number of aromatic nitrogens is 5. The van der Waals surface area contributed by atoms with Gasteiger partial charge in [0.15, 0.2) is 5.78 Å². The Bertz CT molecular complexity index is 1540. The Labute approximate surface area is 234 Å². The number of pyridine rings is 2. The van der Waals surface area contributed by atoms with Crippen LogP contribution in [0, 0.1) is 23.4 Å². The molecule has 9 nitrogen and oxygen atoms in total.